The molecule has 0 saturated carbocycles. The van der Waals surface area contributed by atoms with Crippen molar-refractivity contribution < 1.29 is 23.5 Å². The van der Waals surface area contributed by atoms with Gasteiger partial charge in [0.1, 0.15) is 0 Å². The molecule has 0 aromatic carbocycles. The lowest BCUT2D eigenvalue weighted by molar-refractivity contribution is -0.835. The maximum atomic E-state index is 11.9. The molecule has 6 heteroatoms. The van der Waals surface area contributed by atoms with E-state index in [1.165, 1.54) is 0 Å². The molecule has 2 aliphatic rings. The van der Waals surface area contributed by atoms with Crippen molar-refractivity contribution in [2.75, 3.05) is 20.7 Å². The van der Waals surface area contributed by atoms with Gasteiger partial charge in [0, 0.05) is 0 Å². The molecule has 3 atom stereocenters. The highest BCUT2D eigenvalue weighted by Crippen LogP contribution is 2.43. The van der Waals surface area contributed by atoms with Gasteiger partial charge in [-0.3, -0.25) is 10.1 Å². The number of ether oxygens (including phenoxy) is 2. The number of carbonyl (C=O) groups is 2. The van der Waals surface area contributed by atoms with E-state index in [4.69, 9.17) is 9.47 Å². The van der Waals surface area contributed by atoms with E-state index in [9.17, 15) is 9.59 Å². The van der Waals surface area contributed by atoms with Crippen LogP contribution in [0, 0.1) is 0 Å². The number of epoxide rings is 1. The van der Waals surface area contributed by atoms with Gasteiger partial charge in [-0.05, 0) is 13.8 Å². The summed E-state index contributed by atoms with van der Waals surface area (Å²) in [6.07, 6.45) is -0.115. The molecule has 2 aliphatic heterocycles. The third-order valence-electron chi connectivity index (χ3n) is 3.47. The molecule has 6 nitrogen and oxygen atoms in total. The molecule has 2 fully saturated rings. The molecular weight excluding hydrogens is 224 g/mol. The molecule has 3 unspecified atom stereocenters. The van der Waals surface area contributed by atoms with Crippen molar-refractivity contribution in [3.63, 3.8) is 0 Å². The fourth-order valence-corrected chi connectivity index (χ4v) is 2.29. The van der Waals surface area contributed by atoms with Crippen LogP contribution in [-0.2, 0) is 14.3 Å². The summed E-state index contributed by atoms with van der Waals surface area (Å²) in [5.41, 5.74) is -0.651. The van der Waals surface area contributed by atoms with E-state index in [1.807, 2.05) is 6.92 Å². The molecule has 2 rings (SSSR count). The Morgan fingerprint density at radius 3 is 2.82 bits per heavy atom. The van der Waals surface area contributed by atoms with Crippen molar-refractivity contribution in [1.82, 2.24) is 5.32 Å². The van der Waals surface area contributed by atoms with Crippen LogP contribution in [0.25, 0.3) is 0 Å². The molecule has 0 radical (unpaired) electrons. The van der Waals surface area contributed by atoms with Crippen LogP contribution in [0.4, 0.5) is 4.79 Å². The standard InChI is InChI=1S/C11H18N2O4/c1-5-16-7(14)6-11(2)8-9(17-8)13(3,4)10(15)12-11/h8-9H,5-6H2,1-4H3/p+1. The highest BCUT2D eigenvalue weighted by Gasteiger charge is 2.68. The molecule has 2 saturated heterocycles. The van der Waals surface area contributed by atoms with Crippen LogP contribution in [0.3, 0.4) is 0 Å². The van der Waals surface area contributed by atoms with Crippen molar-refractivity contribution in [1.29, 1.82) is 0 Å². The number of esters is 1. The first kappa shape index (κ1) is 12.3. The molecule has 17 heavy (non-hydrogen) atoms. The quantitative estimate of drug-likeness (QED) is 0.437. The summed E-state index contributed by atoms with van der Waals surface area (Å²) in [6, 6.07) is -0.129. The summed E-state index contributed by atoms with van der Waals surface area (Å²) in [5.74, 6) is -0.309. The van der Waals surface area contributed by atoms with Crippen molar-refractivity contribution in [2.24, 2.45) is 0 Å². The number of nitrogens with one attached hydrogen (secondary N) is 1. The zero-order chi connectivity index (χ0) is 12.8. The van der Waals surface area contributed by atoms with E-state index in [1.54, 1.807) is 21.0 Å². The maximum Gasteiger partial charge on any atom is 0.418 e. The first-order chi connectivity index (χ1) is 7.81. The van der Waals surface area contributed by atoms with E-state index < -0.39 is 5.54 Å². The van der Waals surface area contributed by atoms with Crippen LogP contribution < -0.4 is 5.32 Å². The van der Waals surface area contributed by atoms with Gasteiger partial charge in [-0.15, -0.1) is 0 Å². The molecular formula is C11H19N2O4+. The first-order valence-corrected chi connectivity index (χ1v) is 5.78. The summed E-state index contributed by atoms with van der Waals surface area (Å²) in [4.78, 5) is 23.5. The van der Waals surface area contributed by atoms with Crippen LogP contribution in [0.15, 0.2) is 0 Å². The second kappa shape index (κ2) is 3.68. The van der Waals surface area contributed by atoms with E-state index in [2.05, 4.69) is 5.32 Å². The molecule has 0 aliphatic carbocycles. The Hall–Kier alpha value is -1.14. The topological polar surface area (TPSA) is 67.9 Å². The maximum absolute atomic E-state index is 11.9. The third-order valence-corrected chi connectivity index (χ3v) is 3.47. The minimum absolute atomic E-state index is 0.111. The van der Waals surface area contributed by atoms with Gasteiger partial charge >= 0.3 is 12.0 Å². The predicted octanol–water partition coefficient (Wildman–Crippen LogP) is 0.223. The average Bonchev–Trinajstić information content (AvgIpc) is 2.95. The number of hydrogen-bond donors (Lipinski definition) is 1. The van der Waals surface area contributed by atoms with Crippen LogP contribution >= 0.6 is 0 Å². The highest BCUT2D eigenvalue weighted by molar-refractivity contribution is 5.75. The van der Waals surface area contributed by atoms with Gasteiger partial charge in [0.2, 0.25) is 6.23 Å². The third kappa shape index (κ3) is 1.91. The van der Waals surface area contributed by atoms with E-state index >= 15 is 0 Å². The minimum Gasteiger partial charge on any atom is -0.466 e. The fourth-order valence-electron chi connectivity index (χ4n) is 2.29. The normalized spacial score (nSPS) is 38.0. The smallest absolute Gasteiger partial charge is 0.418 e. The summed E-state index contributed by atoms with van der Waals surface area (Å²) in [5, 5.41) is 2.87. The summed E-state index contributed by atoms with van der Waals surface area (Å²) >= 11 is 0. The molecule has 96 valence electrons. The summed E-state index contributed by atoms with van der Waals surface area (Å²) < 4.78 is 10.6. The van der Waals surface area contributed by atoms with Crippen molar-refractivity contribution >= 4 is 12.0 Å². The van der Waals surface area contributed by atoms with Gasteiger partial charge in [0.25, 0.3) is 0 Å². The van der Waals surface area contributed by atoms with E-state index in [-0.39, 0.29) is 35.2 Å². The van der Waals surface area contributed by atoms with Crippen LogP contribution in [0.1, 0.15) is 20.3 Å². The summed E-state index contributed by atoms with van der Waals surface area (Å²) in [7, 11) is 3.59. The Morgan fingerprint density at radius 2 is 2.24 bits per heavy atom. The van der Waals surface area contributed by atoms with Crippen LogP contribution in [-0.4, -0.2) is 55.1 Å². The molecule has 0 spiro atoms. The Bertz CT molecular complexity index is 368. The van der Waals surface area contributed by atoms with Crippen molar-refractivity contribution in [2.45, 2.75) is 38.1 Å². The molecule has 0 aromatic rings. The highest BCUT2D eigenvalue weighted by atomic mass is 16.6. The largest absolute Gasteiger partial charge is 0.466 e. The molecule has 1 N–H and O–H groups in total. The zero-order valence-electron chi connectivity index (χ0n) is 10.6. The number of quaternary nitrogens is 1. The van der Waals surface area contributed by atoms with Crippen LogP contribution in [0.2, 0.25) is 0 Å². The van der Waals surface area contributed by atoms with Crippen molar-refractivity contribution in [3.8, 4) is 0 Å². The van der Waals surface area contributed by atoms with Gasteiger partial charge in [-0.2, -0.15) is 0 Å². The van der Waals surface area contributed by atoms with Gasteiger partial charge < -0.3 is 9.47 Å². The SMILES string of the molecule is CCOC(=O)CC1(C)NC(=O)[N+](C)(C)C2OC21. The lowest BCUT2D eigenvalue weighted by Gasteiger charge is -2.37. The lowest BCUT2D eigenvalue weighted by atomic mass is 9.90. The molecule has 2 amide bonds. The van der Waals surface area contributed by atoms with E-state index in [0.717, 1.165) is 0 Å². The average molecular weight is 243 g/mol. The Kier molecular flexibility index (Phi) is 2.67. The number of carbonyl (C=O) groups excluding carboxylic acids is 2. The van der Waals surface area contributed by atoms with Gasteiger partial charge in [0.05, 0.1) is 32.7 Å². The fraction of sp³-hybridized carbons (Fsp3) is 0.818. The monoisotopic (exact) mass is 243 g/mol. The Morgan fingerprint density at radius 1 is 1.59 bits per heavy atom. The van der Waals surface area contributed by atoms with Crippen molar-refractivity contribution in [3.05, 3.63) is 0 Å². The van der Waals surface area contributed by atoms with Gasteiger partial charge in [-0.1, -0.05) is 0 Å². The number of amides is 2. The van der Waals surface area contributed by atoms with Crippen LogP contribution in [0.5, 0.6) is 0 Å². The molecule has 0 aromatic heterocycles. The number of nitrogens with zero attached hydrogens (tertiary/aromatic N) is 1. The Labute approximate surface area is 100 Å². The van der Waals surface area contributed by atoms with Gasteiger partial charge in [0.15, 0.2) is 6.10 Å². The first-order valence-electron chi connectivity index (χ1n) is 5.78. The second-order valence-electron chi connectivity index (χ2n) is 5.32. The Balaban J connectivity index is 2.09. The van der Waals surface area contributed by atoms with Gasteiger partial charge in [-0.25, -0.2) is 9.28 Å². The number of fused-ring (bicyclic) bond motifs is 1. The second-order valence-corrected chi connectivity index (χ2v) is 5.32. The van der Waals surface area contributed by atoms with E-state index in [0.29, 0.717) is 6.61 Å². The lowest BCUT2D eigenvalue weighted by Crippen LogP contribution is -2.67. The zero-order valence-corrected chi connectivity index (χ0v) is 10.6. The number of rotatable bonds is 3. The number of urea groups is 1. The minimum atomic E-state index is -0.651. The molecule has 0 bridgehead atoms. The predicted molar refractivity (Wildman–Crippen MR) is 59.0 cm³/mol. The number of hydrogen-bond acceptors (Lipinski definition) is 4. The molecule has 2 heterocycles. The summed E-state index contributed by atoms with van der Waals surface area (Å²) in [6.45, 7) is 3.93. The number of likely N-dealkylation sites (N-methyl/N-ethyl adjacent to an activating group) is 1.